The van der Waals surface area contributed by atoms with E-state index in [2.05, 4.69) is 22.3 Å². The van der Waals surface area contributed by atoms with Crippen molar-refractivity contribution in [2.75, 3.05) is 39.1 Å². The summed E-state index contributed by atoms with van der Waals surface area (Å²) in [6.07, 6.45) is 4.18. The fraction of sp³-hybridized carbons (Fsp3) is 0.567. The normalized spacial score (nSPS) is 20.6. The summed E-state index contributed by atoms with van der Waals surface area (Å²) in [6.45, 7) is 9.99. The number of likely N-dealkylation sites (tertiary alicyclic amines) is 1. The Bertz CT molecular complexity index is 1320. The maximum absolute atomic E-state index is 10.3. The van der Waals surface area contributed by atoms with Gasteiger partial charge in [0.15, 0.2) is 5.82 Å². The van der Waals surface area contributed by atoms with Crippen LogP contribution in [-0.4, -0.2) is 88.1 Å². The summed E-state index contributed by atoms with van der Waals surface area (Å²) in [5.74, 6) is 2.59. The van der Waals surface area contributed by atoms with Gasteiger partial charge in [-0.3, -0.25) is 4.90 Å². The number of aromatic nitrogens is 3. The fourth-order valence-corrected chi connectivity index (χ4v) is 5.94. The van der Waals surface area contributed by atoms with Crippen LogP contribution in [0, 0.1) is 20.8 Å². The predicted molar refractivity (Wildman–Crippen MR) is 158 cm³/mol. The van der Waals surface area contributed by atoms with Gasteiger partial charge >= 0.3 is 0 Å². The molecular weight excluding hydrogens is 528 g/mol. The lowest BCUT2D eigenvalue weighted by Crippen LogP contribution is -2.46. The van der Waals surface area contributed by atoms with Crippen LogP contribution < -0.4 is 10.1 Å². The van der Waals surface area contributed by atoms with Gasteiger partial charge in [0.2, 0.25) is 0 Å². The Morgan fingerprint density at radius 2 is 1.98 bits per heavy atom. The number of aryl methyl sites for hydroxylation is 2. The second kappa shape index (κ2) is 12.0. The Morgan fingerprint density at radius 3 is 2.62 bits per heavy atom. The molecule has 0 spiro atoms. The molecule has 3 atom stereocenters. The highest BCUT2D eigenvalue weighted by atomic mass is 35.5. The van der Waals surface area contributed by atoms with Crippen molar-refractivity contribution in [2.45, 2.75) is 77.6 Å². The molecule has 2 N–H and O–H groups in total. The van der Waals surface area contributed by atoms with Crippen LogP contribution in [0.1, 0.15) is 49.6 Å². The van der Waals surface area contributed by atoms with E-state index in [-0.39, 0.29) is 6.61 Å². The Morgan fingerprint density at radius 1 is 1.20 bits per heavy atom. The lowest BCUT2D eigenvalue weighted by Gasteiger charge is -2.38. The number of piperidine rings is 1. The van der Waals surface area contributed by atoms with Crippen LogP contribution in [0.2, 0.25) is 5.02 Å². The van der Waals surface area contributed by atoms with E-state index in [1.165, 1.54) is 12.8 Å². The number of nitrogens with one attached hydrogen (secondary N) is 1. The van der Waals surface area contributed by atoms with Gasteiger partial charge in [0.05, 0.1) is 22.0 Å². The van der Waals surface area contributed by atoms with Crippen molar-refractivity contribution in [2.24, 2.45) is 0 Å². The average Bonchev–Trinajstić information content (AvgIpc) is 3.68. The molecule has 2 aromatic heterocycles. The van der Waals surface area contributed by atoms with Gasteiger partial charge in [-0.25, -0.2) is 9.97 Å². The van der Waals surface area contributed by atoms with Crippen molar-refractivity contribution >= 4 is 17.4 Å². The molecule has 0 radical (unpaired) electrons. The van der Waals surface area contributed by atoms with Gasteiger partial charge in [0, 0.05) is 42.3 Å². The summed E-state index contributed by atoms with van der Waals surface area (Å²) >= 11 is 6.71. The number of benzene rings is 1. The van der Waals surface area contributed by atoms with E-state index in [4.69, 9.17) is 30.8 Å². The second-order valence-electron chi connectivity index (χ2n) is 11.6. The van der Waals surface area contributed by atoms with Crippen molar-refractivity contribution in [1.82, 2.24) is 24.9 Å². The third kappa shape index (κ3) is 6.43. The van der Waals surface area contributed by atoms with Crippen molar-refractivity contribution in [3.63, 3.8) is 0 Å². The number of likely N-dealkylation sites (N-methyl/N-ethyl adjacent to an activating group) is 1. The number of ether oxygens (including phenoxy) is 1. The van der Waals surface area contributed by atoms with Gasteiger partial charge in [0.25, 0.3) is 0 Å². The third-order valence-corrected chi connectivity index (χ3v) is 8.23. The van der Waals surface area contributed by atoms with Crippen LogP contribution in [-0.2, 0) is 0 Å². The average molecular weight is 569 g/mol. The van der Waals surface area contributed by atoms with Crippen LogP contribution in [0.3, 0.4) is 0 Å². The number of halogens is 1. The molecule has 1 aliphatic heterocycles. The Labute approximate surface area is 241 Å². The molecule has 3 aromatic rings. The molecule has 1 saturated carbocycles. The summed E-state index contributed by atoms with van der Waals surface area (Å²) in [6, 6.07) is 7.04. The van der Waals surface area contributed by atoms with Gasteiger partial charge in [-0.05, 0) is 85.7 Å². The first-order chi connectivity index (χ1) is 19.1. The van der Waals surface area contributed by atoms with Gasteiger partial charge < -0.3 is 24.6 Å². The van der Waals surface area contributed by atoms with Crippen LogP contribution in [0.25, 0.3) is 22.6 Å². The lowest BCUT2D eigenvalue weighted by atomic mass is 9.97. The minimum absolute atomic E-state index is 0.170. The number of aliphatic hydroxyl groups is 1. The topological polar surface area (TPSA) is 99.8 Å². The molecule has 3 heterocycles. The molecule has 0 bridgehead atoms. The van der Waals surface area contributed by atoms with Gasteiger partial charge in [-0.15, -0.1) is 0 Å². The SMILES string of the molecule is Cc1noc(C)c1-c1nc(-c2cc(OCC(O)CN(C)C)ccc2Cl)nc(N[C@H]2CCN(C3CC3)[C@@H](C)C2)c1C. The highest BCUT2D eigenvalue weighted by Crippen LogP contribution is 2.37. The number of hydrogen-bond donors (Lipinski definition) is 2. The Hall–Kier alpha value is -2.72. The molecule has 1 aromatic carbocycles. The molecule has 0 amide bonds. The Kier molecular flexibility index (Phi) is 8.66. The van der Waals surface area contributed by atoms with Crippen LogP contribution in [0.15, 0.2) is 22.7 Å². The van der Waals surface area contributed by atoms with Crippen molar-refractivity contribution in [3.8, 4) is 28.4 Å². The summed E-state index contributed by atoms with van der Waals surface area (Å²) in [7, 11) is 3.83. The molecule has 1 aliphatic carbocycles. The van der Waals surface area contributed by atoms with Crippen LogP contribution >= 0.6 is 11.6 Å². The predicted octanol–water partition coefficient (Wildman–Crippen LogP) is 5.11. The van der Waals surface area contributed by atoms with E-state index < -0.39 is 6.10 Å². The smallest absolute Gasteiger partial charge is 0.163 e. The minimum Gasteiger partial charge on any atom is -0.491 e. The van der Waals surface area contributed by atoms with Crippen LogP contribution in [0.4, 0.5) is 5.82 Å². The first-order valence-corrected chi connectivity index (χ1v) is 14.6. The van der Waals surface area contributed by atoms with Crippen molar-refractivity contribution < 1.29 is 14.4 Å². The molecule has 2 fully saturated rings. The number of rotatable bonds is 10. The lowest BCUT2D eigenvalue weighted by molar-refractivity contribution is 0.0831. The van der Waals surface area contributed by atoms with E-state index in [0.29, 0.717) is 46.5 Å². The van der Waals surface area contributed by atoms with E-state index in [1.807, 2.05) is 45.8 Å². The molecule has 10 heteroatoms. The second-order valence-corrected chi connectivity index (χ2v) is 12.0. The van der Waals surface area contributed by atoms with Gasteiger partial charge in [0.1, 0.15) is 30.0 Å². The molecule has 1 unspecified atom stereocenters. The van der Waals surface area contributed by atoms with Gasteiger partial charge in [-0.1, -0.05) is 16.8 Å². The van der Waals surface area contributed by atoms with E-state index >= 15 is 0 Å². The van der Waals surface area contributed by atoms with E-state index in [9.17, 15) is 5.11 Å². The zero-order valence-corrected chi connectivity index (χ0v) is 25.1. The molecular formula is C30H41ClN6O3. The van der Waals surface area contributed by atoms with E-state index in [0.717, 1.165) is 53.8 Å². The maximum Gasteiger partial charge on any atom is 0.163 e. The standard InChI is InChI=1S/C30H41ClN6O3/c1-17-13-21(11-12-37(17)22-7-8-22)32-29-18(2)28(27-19(3)35-40-20(27)4)33-30(34-29)25-14-24(9-10-26(25)31)39-16-23(38)15-36(5)6/h9-10,14,17,21-23,38H,7-8,11-13,15-16H2,1-6H3,(H,32,33,34)/t17-,21-,23?/m0/s1. The number of aliphatic hydroxyl groups excluding tert-OH is 1. The fourth-order valence-electron chi connectivity index (χ4n) is 5.74. The molecule has 1 saturated heterocycles. The number of hydrogen-bond acceptors (Lipinski definition) is 9. The third-order valence-electron chi connectivity index (χ3n) is 7.90. The summed E-state index contributed by atoms with van der Waals surface area (Å²) < 4.78 is 11.4. The quantitative estimate of drug-likeness (QED) is 0.346. The molecule has 5 rings (SSSR count). The highest BCUT2D eigenvalue weighted by Gasteiger charge is 2.36. The molecule has 9 nitrogen and oxygen atoms in total. The number of anilines is 1. The monoisotopic (exact) mass is 568 g/mol. The summed E-state index contributed by atoms with van der Waals surface area (Å²) in [5, 5.41) is 18.7. The zero-order valence-electron chi connectivity index (χ0n) is 24.4. The summed E-state index contributed by atoms with van der Waals surface area (Å²) in [5.41, 5.74) is 4.04. The Balaban J connectivity index is 1.48. The van der Waals surface area contributed by atoms with Gasteiger partial charge in [-0.2, -0.15) is 0 Å². The largest absolute Gasteiger partial charge is 0.491 e. The molecule has 2 aliphatic rings. The van der Waals surface area contributed by atoms with E-state index in [1.54, 1.807) is 12.1 Å². The zero-order chi connectivity index (χ0) is 28.6. The maximum atomic E-state index is 10.3. The first-order valence-electron chi connectivity index (χ1n) is 14.2. The molecule has 216 valence electrons. The van der Waals surface area contributed by atoms with Crippen LogP contribution in [0.5, 0.6) is 5.75 Å². The van der Waals surface area contributed by atoms with Crippen molar-refractivity contribution in [1.29, 1.82) is 0 Å². The number of nitrogens with zero attached hydrogens (tertiary/aromatic N) is 5. The first kappa shape index (κ1) is 28.8. The highest BCUT2D eigenvalue weighted by molar-refractivity contribution is 6.33. The van der Waals surface area contributed by atoms with Crippen molar-refractivity contribution in [3.05, 3.63) is 40.2 Å². The minimum atomic E-state index is -0.611. The summed E-state index contributed by atoms with van der Waals surface area (Å²) in [4.78, 5) is 14.6. The molecule has 40 heavy (non-hydrogen) atoms.